The quantitative estimate of drug-likeness (QED) is 0.726. The summed E-state index contributed by atoms with van der Waals surface area (Å²) in [6.45, 7) is 10.9. The maximum atomic E-state index is 12.3. The Bertz CT molecular complexity index is 744. The molecule has 2 rings (SSSR count). The van der Waals surface area contributed by atoms with E-state index in [1.54, 1.807) is 11.3 Å². The molecular weight excluding hydrogens is 356 g/mol. The zero-order valence-corrected chi connectivity index (χ0v) is 17.7. The fraction of sp³-hybridized carbons (Fsp3) is 0.455. The number of nitrogens with one attached hydrogen (secondary N) is 2. The molecule has 0 spiro atoms. The highest BCUT2D eigenvalue weighted by Gasteiger charge is 2.19. The van der Waals surface area contributed by atoms with Crippen molar-refractivity contribution in [2.24, 2.45) is 5.92 Å². The molecule has 2 amide bonds. The van der Waals surface area contributed by atoms with Crippen LogP contribution < -0.4 is 10.6 Å². The van der Waals surface area contributed by atoms with Gasteiger partial charge >= 0.3 is 0 Å². The summed E-state index contributed by atoms with van der Waals surface area (Å²) in [6, 6.07) is 11.7. The van der Waals surface area contributed by atoms with Gasteiger partial charge in [0.15, 0.2) is 0 Å². The van der Waals surface area contributed by atoms with Crippen molar-refractivity contribution < 1.29 is 9.59 Å². The monoisotopic (exact) mass is 386 g/mol. The van der Waals surface area contributed by atoms with Crippen LogP contribution in [-0.2, 0) is 10.2 Å². The molecule has 1 atom stereocenters. The number of hydrogen-bond acceptors (Lipinski definition) is 3. The summed E-state index contributed by atoms with van der Waals surface area (Å²) in [7, 11) is 0. The van der Waals surface area contributed by atoms with Gasteiger partial charge in [0.1, 0.15) is 0 Å². The van der Waals surface area contributed by atoms with Crippen LogP contribution >= 0.6 is 11.3 Å². The predicted octanol–water partition coefficient (Wildman–Crippen LogP) is 4.68. The highest BCUT2D eigenvalue weighted by molar-refractivity contribution is 7.10. The Morgan fingerprint density at radius 2 is 1.74 bits per heavy atom. The van der Waals surface area contributed by atoms with Crippen LogP contribution in [0.4, 0.5) is 0 Å². The summed E-state index contributed by atoms with van der Waals surface area (Å²) in [4.78, 5) is 25.7. The molecule has 0 saturated heterocycles. The molecule has 0 unspecified atom stereocenters. The van der Waals surface area contributed by atoms with E-state index in [2.05, 4.69) is 45.3 Å². The topological polar surface area (TPSA) is 58.2 Å². The van der Waals surface area contributed by atoms with E-state index in [4.69, 9.17) is 0 Å². The fourth-order valence-electron chi connectivity index (χ4n) is 2.79. The van der Waals surface area contributed by atoms with Crippen LogP contribution in [0.1, 0.15) is 67.9 Å². The van der Waals surface area contributed by atoms with Crippen molar-refractivity contribution in [3.63, 3.8) is 0 Å². The Balaban J connectivity index is 1.83. The molecule has 2 N–H and O–H groups in total. The smallest absolute Gasteiger partial charge is 0.251 e. The lowest BCUT2D eigenvalue weighted by Crippen LogP contribution is -2.34. The summed E-state index contributed by atoms with van der Waals surface area (Å²) < 4.78 is 0. The number of carbonyl (C=O) groups is 2. The predicted molar refractivity (Wildman–Crippen MR) is 112 cm³/mol. The minimum absolute atomic E-state index is 0.0122. The van der Waals surface area contributed by atoms with Crippen molar-refractivity contribution >= 4 is 23.2 Å². The largest absolute Gasteiger partial charge is 0.352 e. The van der Waals surface area contributed by atoms with Gasteiger partial charge in [-0.05, 0) is 40.5 Å². The zero-order valence-electron chi connectivity index (χ0n) is 16.8. The van der Waals surface area contributed by atoms with Crippen molar-refractivity contribution in [1.82, 2.24) is 10.6 Å². The van der Waals surface area contributed by atoms with Gasteiger partial charge in [-0.1, -0.05) is 52.8 Å². The molecule has 0 aliphatic heterocycles. The molecule has 0 bridgehead atoms. The van der Waals surface area contributed by atoms with E-state index in [-0.39, 0.29) is 29.7 Å². The standard InChI is InChI=1S/C22H30N2O2S/c1-15(2)20(18-7-6-14-27-18)24-19(25)12-13-23-21(26)16-8-10-17(11-9-16)22(3,4)5/h6-11,14-15,20H,12-13H2,1-5H3,(H,23,26)(H,24,25)/t20-/m0/s1. The Morgan fingerprint density at radius 1 is 1.07 bits per heavy atom. The lowest BCUT2D eigenvalue weighted by molar-refractivity contribution is -0.122. The van der Waals surface area contributed by atoms with E-state index in [9.17, 15) is 9.59 Å². The Labute approximate surface area is 166 Å². The van der Waals surface area contributed by atoms with Crippen LogP contribution in [0.2, 0.25) is 0 Å². The number of hydrogen-bond donors (Lipinski definition) is 2. The summed E-state index contributed by atoms with van der Waals surface area (Å²) in [5.74, 6) is 0.107. The molecule has 0 aliphatic rings. The van der Waals surface area contributed by atoms with E-state index in [1.165, 1.54) is 5.56 Å². The summed E-state index contributed by atoms with van der Waals surface area (Å²) in [5, 5.41) is 7.92. The molecule has 0 aliphatic carbocycles. The average Bonchev–Trinajstić information content (AvgIpc) is 3.13. The average molecular weight is 387 g/mol. The van der Waals surface area contributed by atoms with Crippen LogP contribution in [-0.4, -0.2) is 18.4 Å². The van der Waals surface area contributed by atoms with Crippen LogP contribution in [0.25, 0.3) is 0 Å². The maximum absolute atomic E-state index is 12.3. The van der Waals surface area contributed by atoms with Crippen molar-refractivity contribution in [1.29, 1.82) is 0 Å². The van der Waals surface area contributed by atoms with Gasteiger partial charge in [0.05, 0.1) is 6.04 Å². The molecule has 0 saturated carbocycles. The molecule has 0 fully saturated rings. The van der Waals surface area contributed by atoms with Gasteiger partial charge in [0.2, 0.25) is 5.91 Å². The van der Waals surface area contributed by atoms with Crippen LogP contribution in [0.3, 0.4) is 0 Å². The molecule has 5 heteroatoms. The molecule has 0 radical (unpaired) electrons. The van der Waals surface area contributed by atoms with Gasteiger partial charge in [-0.15, -0.1) is 11.3 Å². The Morgan fingerprint density at radius 3 is 2.26 bits per heavy atom. The molecule has 1 heterocycles. The number of thiophene rings is 1. The van der Waals surface area contributed by atoms with Crippen molar-refractivity contribution in [3.8, 4) is 0 Å². The van der Waals surface area contributed by atoms with Gasteiger partial charge in [0, 0.05) is 23.4 Å². The third-order valence-corrected chi connectivity index (χ3v) is 5.44. The van der Waals surface area contributed by atoms with Gasteiger partial charge in [0.25, 0.3) is 5.91 Å². The first-order valence-electron chi connectivity index (χ1n) is 9.40. The molecular formula is C22H30N2O2S. The number of amides is 2. The summed E-state index contributed by atoms with van der Waals surface area (Å²) in [6.07, 6.45) is 0.264. The van der Waals surface area contributed by atoms with Gasteiger partial charge in [-0.3, -0.25) is 9.59 Å². The number of carbonyl (C=O) groups excluding carboxylic acids is 2. The third kappa shape index (κ3) is 6.21. The first-order chi connectivity index (χ1) is 12.7. The minimum atomic E-state index is -0.151. The Kier molecular flexibility index (Phi) is 7.19. The SMILES string of the molecule is CC(C)[C@H](NC(=O)CCNC(=O)c1ccc(C(C)(C)C)cc1)c1cccs1. The van der Waals surface area contributed by atoms with E-state index in [0.717, 1.165) is 4.88 Å². The zero-order chi connectivity index (χ0) is 20.0. The van der Waals surface area contributed by atoms with E-state index in [0.29, 0.717) is 18.0 Å². The second-order valence-corrected chi connectivity index (χ2v) is 9.12. The molecule has 2 aromatic rings. The molecule has 146 valence electrons. The van der Waals surface area contributed by atoms with Crippen LogP contribution in [0, 0.1) is 5.92 Å². The van der Waals surface area contributed by atoms with Crippen molar-refractivity contribution in [2.75, 3.05) is 6.54 Å². The van der Waals surface area contributed by atoms with E-state index in [1.807, 2.05) is 41.8 Å². The lowest BCUT2D eigenvalue weighted by atomic mass is 9.87. The first kappa shape index (κ1) is 21.2. The minimum Gasteiger partial charge on any atom is -0.352 e. The molecule has 1 aromatic heterocycles. The third-order valence-electron chi connectivity index (χ3n) is 4.48. The van der Waals surface area contributed by atoms with Crippen molar-refractivity contribution in [2.45, 2.75) is 52.5 Å². The van der Waals surface area contributed by atoms with Crippen LogP contribution in [0.5, 0.6) is 0 Å². The van der Waals surface area contributed by atoms with Gasteiger partial charge in [-0.25, -0.2) is 0 Å². The van der Waals surface area contributed by atoms with Gasteiger partial charge in [-0.2, -0.15) is 0 Å². The highest BCUT2D eigenvalue weighted by atomic mass is 32.1. The summed E-state index contributed by atoms with van der Waals surface area (Å²) in [5.41, 5.74) is 1.86. The number of benzene rings is 1. The summed E-state index contributed by atoms with van der Waals surface area (Å²) >= 11 is 1.65. The number of rotatable bonds is 7. The Hall–Kier alpha value is -2.14. The normalized spacial score (nSPS) is 12.7. The second kappa shape index (κ2) is 9.18. The highest BCUT2D eigenvalue weighted by Crippen LogP contribution is 2.25. The maximum Gasteiger partial charge on any atom is 0.251 e. The first-order valence-corrected chi connectivity index (χ1v) is 10.3. The van der Waals surface area contributed by atoms with Crippen molar-refractivity contribution in [3.05, 3.63) is 57.8 Å². The molecule has 1 aromatic carbocycles. The van der Waals surface area contributed by atoms with E-state index < -0.39 is 0 Å². The second-order valence-electron chi connectivity index (χ2n) is 8.14. The van der Waals surface area contributed by atoms with E-state index >= 15 is 0 Å². The van der Waals surface area contributed by atoms with Crippen LogP contribution in [0.15, 0.2) is 41.8 Å². The molecule has 4 nitrogen and oxygen atoms in total. The lowest BCUT2D eigenvalue weighted by Gasteiger charge is -2.21. The molecule has 27 heavy (non-hydrogen) atoms. The fourth-order valence-corrected chi connectivity index (χ4v) is 3.74. The van der Waals surface area contributed by atoms with Gasteiger partial charge < -0.3 is 10.6 Å².